The third-order valence-electron chi connectivity index (χ3n) is 3.37. The molecule has 2 rings (SSSR count). The molecule has 4 heteroatoms. The zero-order chi connectivity index (χ0) is 13.0. The van der Waals surface area contributed by atoms with E-state index >= 15 is 0 Å². The van der Waals surface area contributed by atoms with Gasteiger partial charge in [-0.3, -0.25) is 4.90 Å². The summed E-state index contributed by atoms with van der Waals surface area (Å²) in [5.41, 5.74) is 6.76. The van der Waals surface area contributed by atoms with Gasteiger partial charge in [0, 0.05) is 31.3 Å². The van der Waals surface area contributed by atoms with Crippen LogP contribution in [-0.4, -0.2) is 37.2 Å². The number of nitrogens with zero attached hydrogens (tertiary/aromatic N) is 1. The molecule has 0 radical (unpaired) electrons. The summed E-state index contributed by atoms with van der Waals surface area (Å²) in [6.07, 6.45) is 0.970. The highest BCUT2D eigenvalue weighted by atomic mass is 19.1. The lowest BCUT2D eigenvalue weighted by Gasteiger charge is -2.33. The number of ether oxygens (including phenoxy) is 1. The van der Waals surface area contributed by atoms with Gasteiger partial charge in [-0.2, -0.15) is 0 Å². The van der Waals surface area contributed by atoms with E-state index < -0.39 is 0 Å². The van der Waals surface area contributed by atoms with E-state index in [-0.39, 0.29) is 17.9 Å². The van der Waals surface area contributed by atoms with Crippen LogP contribution >= 0.6 is 0 Å². The Morgan fingerprint density at radius 3 is 2.78 bits per heavy atom. The fraction of sp³-hybridized carbons (Fsp3) is 0.571. The van der Waals surface area contributed by atoms with E-state index in [1.807, 2.05) is 19.1 Å². The fourth-order valence-corrected chi connectivity index (χ4v) is 2.57. The molecule has 1 fully saturated rings. The van der Waals surface area contributed by atoms with E-state index in [1.165, 1.54) is 6.07 Å². The van der Waals surface area contributed by atoms with Crippen molar-refractivity contribution in [1.82, 2.24) is 4.90 Å². The first kappa shape index (κ1) is 13.5. The molecule has 0 aliphatic carbocycles. The summed E-state index contributed by atoms with van der Waals surface area (Å²) >= 11 is 0. The molecule has 1 aliphatic rings. The molecule has 0 spiro atoms. The van der Waals surface area contributed by atoms with E-state index in [1.54, 1.807) is 6.07 Å². The normalized spacial score (nSPS) is 21.3. The lowest BCUT2D eigenvalue weighted by Crippen LogP contribution is -2.41. The minimum atomic E-state index is -0.176. The van der Waals surface area contributed by atoms with Crippen molar-refractivity contribution in [2.75, 3.05) is 26.3 Å². The van der Waals surface area contributed by atoms with Crippen LogP contribution in [0.2, 0.25) is 0 Å². The second-order valence-electron chi connectivity index (χ2n) is 4.83. The van der Waals surface area contributed by atoms with Crippen LogP contribution in [0.1, 0.15) is 24.9 Å². The third-order valence-corrected chi connectivity index (χ3v) is 3.37. The molecule has 0 amide bonds. The standard InChI is InChI=1S/C14H21FN2O/c1-11(16)14(12-5-2-3-6-13(12)15)17-7-4-9-18-10-8-17/h2-3,5-6,11,14H,4,7-10,16H2,1H3. The van der Waals surface area contributed by atoms with Crippen molar-refractivity contribution < 1.29 is 9.13 Å². The van der Waals surface area contributed by atoms with Crippen molar-refractivity contribution in [2.45, 2.75) is 25.4 Å². The fourth-order valence-electron chi connectivity index (χ4n) is 2.57. The monoisotopic (exact) mass is 252 g/mol. The first-order valence-electron chi connectivity index (χ1n) is 6.52. The molecule has 1 aliphatic heterocycles. The number of nitrogens with two attached hydrogens (primary N) is 1. The molecule has 1 aromatic rings. The summed E-state index contributed by atoms with van der Waals surface area (Å²) < 4.78 is 19.4. The maximum absolute atomic E-state index is 13.9. The van der Waals surface area contributed by atoms with Gasteiger partial charge >= 0.3 is 0 Å². The van der Waals surface area contributed by atoms with Gasteiger partial charge in [-0.25, -0.2) is 4.39 Å². The van der Waals surface area contributed by atoms with E-state index in [4.69, 9.17) is 10.5 Å². The highest BCUT2D eigenvalue weighted by Crippen LogP contribution is 2.26. The topological polar surface area (TPSA) is 38.5 Å². The van der Waals surface area contributed by atoms with Gasteiger partial charge in [0.2, 0.25) is 0 Å². The molecule has 1 heterocycles. The molecule has 1 aromatic carbocycles. The Kier molecular flexibility index (Phi) is 4.69. The predicted molar refractivity (Wildman–Crippen MR) is 69.8 cm³/mol. The van der Waals surface area contributed by atoms with Crippen LogP contribution < -0.4 is 5.73 Å². The van der Waals surface area contributed by atoms with Crippen molar-refractivity contribution in [2.24, 2.45) is 5.73 Å². The first-order chi connectivity index (χ1) is 8.70. The van der Waals surface area contributed by atoms with E-state index in [9.17, 15) is 4.39 Å². The highest BCUT2D eigenvalue weighted by Gasteiger charge is 2.26. The number of hydrogen-bond acceptors (Lipinski definition) is 3. The summed E-state index contributed by atoms with van der Waals surface area (Å²) in [7, 11) is 0. The van der Waals surface area contributed by atoms with Crippen molar-refractivity contribution >= 4 is 0 Å². The molecule has 0 bridgehead atoms. The SMILES string of the molecule is CC(N)C(c1ccccc1F)N1CCCOCC1. The molecular formula is C14H21FN2O. The molecule has 3 nitrogen and oxygen atoms in total. The average molecular weight is 252 g/mol. The Hall–Kier alpha value is -0.970. The summed E-state index contributed by atoms with van der Waals surface area (Å²) in [5.74, 6) is -0.176. The molecule has 0 aromatic heterocycles. The number of benzene rings is 1. The van der Waals surface area contributed by atoms with Crippen molar-refractivity contribution in [3.05, 3.63) is 35.6 Å². The summed E-state index contributed by atoms with van der Waals surface area (Å²) in [6, 6.07) is 6.71. The van der Waals surface area contributed by atoms with Gasteiger partial charge < -0.3 is 10.5 Å². The Balaban J connectivity index is 2.24. The van der Waals surface area contributed by atoms with Gasteiger partial charge in [-0.05, 0) is 19.4 Å². The molecular weight excluding hydrogens is 231 g/mol. The van der Waals surface area contributed by atoms with Gasteiger partial charge in [-0.1, -0.05) is 18.2 Å². The smallest absolute Gasteiger partial charge is 0.128 e. The third kappa shape index (κ3) is 3.07. The molecule has 2 unspecified atom stereocenters. The predicted octanol–water partition coefficient (Wildman–Crippen LogP) is 1.94. The molecule has 100 valence electrons. The maximum Gasteiger partial charge on any atom is 0.128 e. The molecule has 2 N–H and O–H groups in total. The molecule has 18 heavy (non-hydrogen) atoms. The van der Waals surface area contributed by atoms with Gasteiger partial charge in [-0.15, -0.1) is 0 Å². The van der Waals surface area contributed by atoms with E-state index in [0.717, 1.165) is 26.1 Å². The summed E-state index contributed by atoms with van der Waals surface area (Å²) in [4.78, 5) is 2.23. The zero-order valence-corrected chi connectivity index (χ0v) is 10.8. The lowest BCUT2D eigenvalue weighted by molar-refractivity contribution is 0.126. The van der Waals surface area contributed by atoms with E-state index in [2.05, 4.69) is 4.90 Å². The van der Waals surface area contributed by atoms with Crippen molar-refractivity contribution in [3.8, 4) is 0 Å². The second kappa shape index (κ2) is 6.27. The molecule has 1 saturated heterocycles. The lowest BCUT2D eigenvalue weighted by atomic mass is 9.98. The Morgan fingerprint density at radius 1 is 1.28 bits per heavy atom. The number of hydrogen-bond donors (Lipinski definition) is 1. The van der Waals surface area contributed by atoms with Crippen LogP contribution in [0.4, 0.5) is 4.39 Å². The van der Waals surface area contributed by atoms with Crippen LogP contribution in [0.25, 0.3) is 0 Å². The average Bonchev–Trinajstić information content (AvgIpc) is 2.60. The van der Waals surface area contributed by atoms with Crippen molar-refractivity contribution in [3.63, 3.8) is 0 Å². The minimum Gasteiger partial charge on any atom is -0.380 e. The maximum atomic E-state index is 13.9. The number of rotatable bonds is 3. The Labute approximate surface area is 108 Å². The van der Waals surface area contributed by atoms with Crippen LogP contribution in [0, 0.1) is 5.82 Å². The van der Waals surface area contributed by atoms with Crippen LogP contribution in [0.5, 0.6) is 0 Å². The molecule has 2 atom stereocenters. The van der Waals surface area contributed by atoms with E-state index in [0.29, 0.717) is 12.2 Å². The molecule has 0 saturated carbocycles. The van der Waals surface area contributed by atoms with Gasteiger partial charge in [0.1, 0.15) is 5.82 Å². The second-order valence-corrected chi connectivity index (χ2v) is 4.83. The largest absolute Gasteiger partial charge is 0.380 e. The minimum absolute atomic E-state index is 0.0760. The Bertz CT molecular complexity index is 376. The van der Waals surface area contributed by atoms with Crippen LogP contribution in [0.3, 0.4) is 0 Å². The van der Waals surface area contributed by atoms with Crippen LogP contribution in [-0.2, 0) is 4.74 Å². The summed E-state index contributed by atoms with van der Waals surface area (Å²) in [5, 5.41) is 0. The zero-order valence-electron chi connectivity index (χ0n) is 10.8. The van der Waals surface area contributed by atoms with Gasteiger partial charge in [0.15, 0.2) is 0 Å². The highest BCUT2D eigenvalue weighted by molar-refractivity contribution is 5.22. The summed E-state index contributed by atoms with van der Waals surface area (Å²) in [6.45, 7) is 5.11. The first-order valence-corrected chi connectivity index (χ1v) is 6.52. The van der Waals surface area contributed by atoms with Crippen LogP contribution in [0.15, 0.2) is 24.3 Å². The Morgan fingerprint density at radius 2 is 2.06 bits per heavy atom. The quantitative estimate of drug-likeness (QED) is 0.893. The number of halogens is 1. The van der Waals surface area contributed by atoms with Crippen molar-refractivity contribution in [1.29, 1.82) is 0 Å². The van der Waals surface area contributed by atoms with Gasteiger partial charge in [0.25, 0.3) is 0 Å². The van der Waals surface area contributed by atoms with Gasteiger partial charge in [0.05, 0.1) is 12.6 Å².